The zero-order valence-electron chi connectivity index (χ0n) is 11.0. The highest BCUT2D eigenvalue weighted by atomic mass is 32.1. The maximum atomic E-state index is 4.14. The van der Waals surface area contributed by atoms with Gasteiger partial charge < -0.3 is 5.32 Å². The van der Waals surface area contributed by atoms with Crippen molar-refractivity contribution in [2.24, 2.45) is 0 Å². The summed E-state index contributed by atoms with van der Waals surface area (Å²) in [6.07, 6.45) is 1.10. The Morgan fingerprint density at radius 2 is 2.28 bits per heavy atom. The van der Waals surface area contributed by atoms with Gasteiger partial charge in [-0.3, -0.25) is 0 Å². The minimum atomic E-state index is 0.169. The molecular formula is C12H19N5S. The van der Waals surface area contributed by atoms with Crippen LogP contribution >= 0.6 is 11.3 Å². The lowest BCUT2D eigenvalue weighted by Crippen LogP contribution is -2.24. The smallest absolute Gasteiger partial charge is 0.168 e. The van der Waals surface area contributed by atoms with Crippen LogP contribution < -0.4 is 5.32 Å². The highest BCUT2D eigenvalue weighted by molar-refractivity contribution is 7.10. The summed E-state index contributed by atoms with van der Waals surface area (Å²) >= 11 is 1.73. The minimum absolute atomic E-state index is 0.169. The fourth-order valence-electron chi connectivity index (χ4n) is 1.86. The van der Waals surface area contributed by atoms with Gasteiger partial charge in [-0.15, -0.1) is 16.4 Å². The summed E-state index contributed by atoms with van der Waals surface area (Å²) in [7, 11) is 0. The van der Waals surface area contributed by atoms with Crippen LogP contribution in [-0.2, 0) is 0 Å². The van der Waals surface area contributed by atoms with Gasteiger partial charge in [0.1, 0.15) is 0 Å². The zero-order chi connectivity index (χ0) is 13.0. The quantitative estimate of drug-likeness (QED) is 0.871. The third-order valence-corrected chi connectivity index (χ3v) is 3.97. The van der Waals surface area contributed by atoms with Crippen LogP contribution in [0.4, 0.5) is 0 Å². The second-order valence-electron chi connectivity index (χ2n) is 4.35. The maximum Gasteiger partial charge on any atom is 0.168 e. The Bertz CT molecular complexity index is 465. The van der Waals surface area contributed by atoms with Gasteiger partial charge in [0.2, 0.25) is 0 Å². The molecule has 98 valence electrons. The first kappa shape index (κ1) is 13.2. The van der Waals surface area contributed by atoms with Crippen molar-refractivity contribution in [3.63, 3.8) is 0 Å². The standard InChI is InChI=1S/C12H19N5S/c1-4-7-13-9(2)12-14-15-16-17(12)10(3)11-6-5-8-18-11/h5-6,8-10,13H,4,7H2,1-3H3. The number of nitrogens with zero attached hydrogens (tertiary/aromatic N) is 4. The van der Waals surface area contributed by atoms with E-state index in [1.54, 1.807) is 11.3 Å². The highest BCUT2D eigenvalue weighted by Crippen LogP contribution is 2.24. The van der Waals surface area contributed by atoms with Crippen LogP contribution in [0.1, 0.15) is 50.0 Å². The third-order valence-electron chi connectivity index (χ3n) is 2.93. The van der Waals surface area contributed by atoms with Crippen molar-refractivity contribution in [1.29, 1.82) is 0 Å². The van der Waals surface area contributed by atoms with Gasteiger partial charge in [-0.05, 0) is 48.7 Å². The first-order valence-corrected chi connectivity index (χ1v) is 7.16. The second-order valence-corrected chi connectivity index (χ2v) is 5.33. The summed E-state index contributed by atoms with van der Waals surface area (Å²) in [5.41, 5.74) is 0. The van der Waals surface area contributed by atoms with Crippen LogP contribution in [0.3, 0.4) is 0 Å². The Labute approximate surface area is 111 Å². The summed E-state index contributed by atoms with van der Waals surface area (Å²) in [6.45, 7) is 7.34. The average Bonchev–Trinajstić information content (AvgIpc) is 3.04. The van der Waals surface area contributed by atoms with Crippen LogP contribution in [0.5, 0.6) is 0 Å². The van der Waals surface area contributed by atoms with Crippen molar-refractivity contribution >= 4 is 11.3 Å². The molecule has 0 amide bonds. The van der Waals surface area contributed by atoms with Crippen LogP contribution in [0.2, 0.25) is 0 Å². The van der Waals surface area contributed by atoms with E-state index in [-0.39, 0.29) is 12.1 Å². The van der Waals surface area contributed by atoms with E-state index in [2.05, 4.69) is 59.1 Å². The molecule has 2 aromatic rings. The Morgan fingerprint density at radius 3 is 2.94 bits per heavy atom. The van der Waals surface area contributed by atoms with Crippen molar-refractivity contribution < 1.29 is 0 Å². The molecule has 2 atom stereocenters. The van der Waals surface area contributed by atoms with Crippen molar-refractivity contribution in [2.75, 3.05) is 6.54 Å². The summed E-state index contributed by atoms with van der Waals surface area (Å²) in [5.74, 6) is 0.893. The van der Waals surface area contributed by atoms with Gasteiger partial charge in [0.15, 0.2) is 5.82 Å². The maximum absolute atomic E-state index is 4.14. The molecule has 0 saturated heterocycles. The Kier molecular flexibility index (Phi) is 4.43. The second kappa shape index (κ2) is 6.06. The first-order chi connectivity index (χ1) is 8.74. The van der Waals surface area contributed by atoms with Crippen LogP contribution in [0.15, 0.2) is 17.5 Å². The van der Waals surface area contributed by atoms with E-state index in [0.717, 1.165) is 18.8 Å². The molecule has 2 heterocycles. The molecule has 0 bridgehead atoms. The van der Waals surface area contributed by atoms with Crippen molar-refractivity contribution in [3.05, 3.63) is 28.2 Å². The van der Waals surface area contributed by atoms with Crippen LogP contribution in [-0.4, -0.2) is 26.8 Å². The predicted molar refractivity (Wildman–Crippen MR) is 72.7 cm³/mol. The molecule has 0 aliphatic heterocycles. The van der Waals surface area contributed by atoms with Gasteiger partial charge in [0, 0.05) is 4.88 Å². The Hall–Kier alpha value is -1.27. The normalized spacial score (nSPS) is 14.6. The highest BCUT2D eigenvalue weighted by Gasteiger charge is 2.19. The van der Waals surface area contributed by atoms with Crippen molar-refractivity contribution in [3.8, 4) is 0 Å². The molecule has 0 aliphatic carbocycles. The molecule has 0 radical (unpaired) electrons. The molecule has 0 aliphatic rings. The molecule has 2 unspecified atom stereocenters. The van der Waals surface area contributed by atoms with E-state index in [9.17, 15) is 0 Å². The van der Waals surface area contributed by atoms with Crippen molar-refractivity contribution in [2.45, 2.75) is 39.3 Å². The van der Waals surface area contributed by atoms with E-state index >= 15 is 0 Å². The van der Waals surface area contributed by atoms with Gasteiger partial charge >= 0.3 is 0 Å². The van der Waals surface area contributed by atoms with E-state index in [1.807, 2.05) is 4.68 Å². The number of rotatable bonds is 6. The zero-order valence-corrected chi connectivity index (χ0v) is 11.8. The lowest BCUT2D eigenvalue weighted by atomic mass is 10.2. The summed E-state index contributed by atoms with van der Waals surface area (Å²) < 4.78 is 1.90. The molecule has 2 aromatic heterocycles. The van der Waals surface area contributed by atoms with Crippen LogP contribution in [0, 0.1) is 0 Å². The number of nitrogens with one attached hydrogen (secondary N) is 1. The molecule has 0 fully saturated rings. The molecule has 1 N–H and O–H groups in total. The SMILES string of the molecule is CCCNC(C)c1nnnn1C(C)c1cccs1. The molecule has 18 heavy (non-hydrogen) atoms. The predicted octanol–water partition coefficient (Wildman–Crippen LogP) is 2.40. The summed E-state index contributed by atoms with van der Waals surface area (Å²) in [5, 5.41) is 17.6. The largest absolute Gasteiger partial charge is 0.307 e. The third kappa shape index (κ3) is 2.76. The van der Waals surface area contributed by atoms with E-state index in [0.29, 0.717) is 0 Å². The molecule has 5 nitrogen and oxygen atoms in total. The molecule has 6 heteroatoms. The summed E-state index contributed by atoms with van der Waals surface area (Å²) in [4.78, 5) is 1.27. The van der Waals surface area contributed by atoms with Gasteiger partial charge in [-0.1, -0.05) is 13.0 Å². The number of hydrogen-bond donors (Lipinski definition) is 1. The van der Waals surface area contributed by atoms with E-state index in [1.165, 1.54) is 4.88 Å². The first-order valence-electron chi connectivity index (χ1n) is 6.28. The molecule has 0 saturated carbocycles. The number of aromatic nitrogens is 4. The van der Waals surface area contributed by atoms with E-state index in [4.69, 9.17) is 0 Å². The fourth-order valence-corrected chi connectivity index (χ4v) is 2.63. The van der Waals surface area contributed by atoms with Gasteiger partial charge in [0.05, 0.1) is 12.1 Å². The van der Waals surface area contributed by atoms with Crippen molar-refractivity contribution in [1.82, 2.24) is 25.5 Å². The monoisotopic (exact) mass is 265 g/mol. The van der Waals surface area contributed by atoms with Gasteiger partial charge in [0.25, 0.3) is 0 Å². The number of hydrogen-bond acceptors (Lipinski definition) is 5. The summed E-state index contributed by atoms with van der Waals surface area (Å²) in [6, 6.07) is 4.52. The van der Waals surface area contributed by atoms with Gasteiger partial charge in [-0.2, -0.15) is 0 Å². The lowest BCUT2D eigenvalue weighted by Gasteiger charge is -2.16. The Balaban J connectivity index is 2.17. The van der Waals surface area contributed by atoms with E-state index < -0.39 is 0 Å². The Morgan fingerprint density at radius 1 is 1.44 bits per heavy atom. The minimum Gasteiger partial charge on any atom is -0.307 e. The molecule has 2 rings (SSSR count). The molecule has 0 spiro atoms. The molecule has 0 aromatic carbocycles. The number of thiophene rings is 1. The van der Waals surface area contributed by atoms with Gasteiger partial charge in [-0.25, -0.2) is 4.68 Å². The molecular weight excluding hydrogens is 246 g/mol. The fraction of sp³-hybridized carbons (Fsp3) is 0.583. The number of tetrazole rings is 1. The topological polar surface area (TPSA) is 55.6 Å². The van der Waals surface area contributed by atoms with Crippen LogP contribution in [0.25, 0.3) is 0 Å². The lowest BCUT2D eigenvalue weighted by molar-refractivity contribution is 0.468. The average molecular weight is 265 g/mol.